The molecule has 0 saturated heterocycles. The van der Waals surface area contributed by atoms with Gasteiger partial charge in [0.15, 0.2) is 0 Å². The van der Waals surface area contributed by atoms with Crippen molar-refractivity contribution in [2.75, 3.05) is 23.1 Å². The Morgan fingerprint density at radius 2 is 1.43 bits per heavy atom. The van der Waals surface area contributed by atoms with Crippen molar-refractivity contribution >= 4 is 27.3 Å². The molecular formula is C14H18N4O2S. The van der Waals surface area contributed by atoms with E-state index in [1.807, 2.05) is 30.3 Å². The Morgan fingerprint density at radius 1 is 0.857 bits per heavy atom. The Hall–Kier alpha value is -2.09. The van der Waals surface area contributed by atoms with Gasteiger partial charge in [-0.05, 0) is 36.4 Å². The summed E-state index contributed by atoms with van der Waals surface area (Å²) in [4.78, 5) is 0. The van der Waals surface area contributed by atoms with Gasteiger partial charge < -0.3 is 11.1 Å². The van der Waals surface area contributed by atoms with Crippen molar-refractivity contribution in [3.8, 4) is 0 Å². The van der Waals surface area contributed by atoms with Crippen molar-refractivity contribution < 1.29 is 8.42 Å². The third-order valence-electron chi connectivity index (χ3n) is 2.64. The largest absolute Gasteiger partial charge is 0.356 e. The van der Waals surface area contributed by atoms with Crippen LogP contribution in [0.5, 0.6) is 0 Å². The Labute approximate surface area is 124 Å². The fourth-order valence-corrected chi connectivity index (χ4v) is 2.60. The van der Waals surface area contributed by atoms with E-state index in [1.54, 1.807) is 24.3 Å². The first-order valence-corrected chi connectivity index (χ1v) is 7.97. The lowest BCUT2D eigenvalue weighted by molar-refractivity contribution is 0.587. The lowest BCUT2D eigenvalue weighted by atomic mass is 10.2. The maximum atomic E-state index is 11.6. The number of rotatable bonds is 7. The minimum atomic E-state index is -3.57. The quantitative estimate of drug-likeness (QED) is 0.625. The van der Waals surface area contributed by atoms with Crippen LogP contribution in [0, 0.1) is 0 Å². The second-order valence-corrected chi connectivity index (χ2v) is 5.86. The minimum Gasteiger partial charge on any atom is -0.356 e. The van der Waals surface area contributed by atoms with E-state index in [9.17, 15) is 8.42 Å². The predicted octanol–water partition coefficient (Wildman–Crippen LogP) is 1.64. The monoisotopic (exact) mass is 306 g/mol. The van der Waals surface area contributed by atoms with E-state index >= 15 is 0 Å². The molecule has 0 radical (unpaired) electrons. The third-order valence-corrected chi connectivity index (χ3v) is 3.72. The predicted molar refractivity (Wildman–Crippen MR) is 85.8 cm³/mol. The summed E-state index contributed by atoms with van der Waals surface area (Å²) >= 11 is 0. The number of nitrogens with one attached hydrogen (secondary N) is 3. The van der Waals surface area contributed by atoms with Crippen LogP contribution in [0.3, 0.4) is 0 Å². The van der Waals surface area contributed by atoms with Gasteiger partial charge in [-0.3, -0.25) is 4.72 Å². The molecule has 2 rings (SSSR count). The summed E-state index contributed by atoms with van der Waals surface area (Å²) < 4.78 is 28.0. The number of nitrogens with two attached hydrogens (primary N) is 1. The van der Waals surface area contributed by atoms with Crippen LogP contribution in [-0.4, -0.2) is 21.5 Å². The van der Waals surface area contributed by atoms with Crippen molar-refractivity contribution in [1.82, 2.24) is 4.72 Å². The molecule has 2 aromatic carbocycles. The Bertz CT molecular complexity index is 657. The second kappa shape index (κ2) is 7.07. The molecule has 0 fully saturated rings. The molecule has 0 spiro atoms. The molecule has 0 saturated carbocycles. The number of benzene rings is 2. The molecule has 112 valence electrons. The zero-order valence-corrected chi connectivity index (χ0v) is 12.2. The normalized spacial score (nSPS) is 11.1. The zero-order chi connectivity index (χ0) is 15.1. The summed E-state index contributed by atoms with van der Waals surface area (Å²) in [5, 5.41) is 3.22. The highest BCUT2D eigenvalue weighted by molar-refractivity contribution is 7.90. The lowest BCUT2D eigenvalue weighted by Gasteiger charge is -2.10. The van der Waals surface area contributed by atoms with Gasteiger partial charge in [0.2, 0.25) is 0 Å². The average molecular weight is 306 g/mol. The molecule has 0 bridgehead atoms. The van der Waals surface area contributed by atoms with E-state index < -0.39 is 10.2 Å². The van der Waals surface area contributed by atoms with Gasteiger partial charge in [0.25, 0.3) is 10.2 Å². The highest BCUT2D eigenvalue weighted by Gasteiger charge is 2.08. The molecule has 0 atom stereocenters. The smallest absolute Gasteiger partial charge is 0.299 e. The molecule has 21 heavy (non-hydrogen) atoms. The maximum Gasteiger partial charge on any atom is 0.299 e. The summed E-state index contributed by atoms with van der Waals surface area (Å²) in [6, 6.07) is 16.7. The van der Waals surface area contributed by atoms with Gasteiger partial charge in [0.05, 0.1) is 0 Å². The van der Waals surface area contributed by atoms with Crippen molar-refractivity contribution in [2.45, 2.75) is 0 Å². The number of anilines is 3. The zero-order valence-electron chi connectivity index (χ0n) is 11.4. The standard InChI is InChI=1S/C14H18N4O2S/c15-10-11-16-21(19,20)18-14-8-6-13(7-9-14)17-12-4-2-1-3-5-12/h1-9,16-18H,10-11,15H2. The van der Waals surface area contributed by atoms with Crippen LogP contribution >= 0.6 is 0 Å². The topological polar surface area (TPSA) is 96.2 Å². The molecule has 6 nitrogen and oxygen atoms in total. The highest BCUT2D eigenvalue weighted by atomic mass is 32.2. The van der Waals surface area contributed by atoms with Gasteiger partial charge in [0, 0.05) is 30.2 Å². The van der Waals surface area contributed by atoms with E-state index in [-0.39, 0.29) is 13.1 Å². The second-order valence-electron chi connectivity index (χ2n) is 4.36. The summed E-state index contributed by atoms with van der Waals surface area (Å²) in [6.45, 7) is 0.448. The highest BCUT2D eigenvalue weighted by Crippen LogP contribution is 2.18. The molecule has 0 aliphatic rings. The van der Waals surface area contributed by atoms with Gasteiger partial charge in [0.1, 0.15) is 0 Å². The third kappa shape index (κ3) is 5.07. The molecule has 0 amide bonds. The average Bonchev–Trinajstić information content (AvgIpc) is 2.48. The minimum absolute atomic E-state index is 0.197. The van der Waals surface area contributed by atoms with E-state index in [1.165, 1.54) is 0 Å². The van der Waals surface area contributed by atoms with Gasteiger partial charge in [-0.25, -0.2) is 0 Å². The number of hydrogen-bond donors (Lipinski definition) is 4. The molecular weight excluding hydrogens is 288 g/mol. The van der Waals surface area contributed by atoms with Crippen molar-refractivity contribution in [2.24, 2.45) is 5.73 Å². The van der Waals surface area contributed by atoms with Crippen LogP contribution in [0.2, 0.25) is 0 Å². The first-order valence-electron chi connectivity index (χ1n) is 6.49. The summed E-state index contributed by atoms with van der Waals surface area (Å²) in [5.41, 5.74) is 7.59. The molecule has 0 unspecified atom stereocenters. The van der Waals surface area contributed by atoms with E-state index in [0.717, 1.165) is 11.4 Å². The summed E-state index contributed by atoms with van der Waals surface area (Å²) in [5.74, 6) is 0. The molecule has 7 heteroatoms. The number of hydrogen-bond acceptors (Lipinski definition) is 4. The molecule has 0 aromatic heterocycles. The van der Waals surface area contributed by atoms with Gasteiger partial charge >= 0.3 is 0 Å². The summed E-state index contributed by atoms with van der Waals surface area (Å²) in [7, 11) is -3.57. The number of para-hydroxylation sites is 1. The Morgan fingerprint density at radius 3 is 2.05 bits per heavy atom. The fourth-order valence-electron chi connectivity index (χ4n) is 1.69. The maximum absolute atomic E-state index is 11.6. The fraction of sp³-hybridized carbons (Fsp3) is 0.143. The first-order chi connectivity index (χ1) is 10.1. The van der Waals surface area contributed by atoms with Crippen molar-refractivity contribution in [3.05, 3.63) is 54.6 Å². The van der Waals surface area contributed by atoms with Crippen LogP contribution in [0.4, 0.5) is 17.1 Å². The van der Waals surface area contributed by atoms with Crippen LogP contribution < -0.4 is 20.5 Å². The van der Waals surface area contributed by atoms with E-state index in [0.29, 0.717) is 5.69 Å². The van der Waals surface area contributed by atoms with Crippen LogP contribution in [-0.2, 0) is 10.2 Å². The van der Waals surface area contributed by atoms with Gasteiger partial charge in [-0.15, -0.1) is 0 Å². The van der Waals surface area contributed by atoms with Crippen LogP contribution in [0.1, 0.15) is 0 Å². The van der Waals surface area contributed by atoms with Gasteiger partial charge in [-0.1, -0.05) is 18.2 Å². The molecule has 0 heterocycles. The Balaban J connectivity index is 1.99. The first kappa shape index (κ1) is 15.3. The van der Waals surface area contributed by atoms with Crippen molar-refractivity contribution in [3.63, 3.8) is 0 Å². The molecule has 5 N–H and O–H groups in total. The van der Waals surface area contributed by atoms with Crippen LogP contribution in [0.25, 0.3) is 0 Å². The van der Waals surface area contributed by atoms with Crippen molar-refractivity contribution in [1.29, 1.82) is 0 Å². The molecule has 2 aromatic rings. The van der Waals surface area contributed by atoms with Gasteiger partial charge in [-0.2, -0.15) is 13.1 Å². The molecule has 0 aliphatic carbocycles. The lowest BCUT2D eigenvalue weighted by Crippen LogP contribution is -2.33. The SMILES string of the molecule is NCCNS(=O)(=O)Nc1ccc(Nc2ccccc2)cc1. The van der Waals surface area contributed by atoms with E-state index in [2.05, 4.69) is 14.8 Å². The van der Waals surface area contributed by atoms with E-state index in [4.69, 9.17) is 5.73 Å². The van der Waals surface area contributed by atoms with Crippen LogP contribution in [0.15, 0.2) is 54.6 Å². The Kier molecular flexibility index (Phi) is 5.15. The molecule has 0 aliphatic heterocycles. The summed E-state index contributed by atoms with van der Waals surface area (Å²) in [6.07, 6.45) is 0.